The molecule has 0 spiro atoms. The Morgan fingerprint density at radius 3 is 2.95 bits per heavy atom. The summed E-state index contributed by atoms with van der Waals surface area (Å²) in [6, 6.07) is 9.62. The second-order valence-corrected chi connectivity index (χ2v) is 5.72. The van der Waals surface area contributed by atoms with Gasteiger partial charge in [0.2, 0.25) is 0 Å². The van der Waals surface area contributed by atoms with Gasteiger partial charge in [0.05, 0.1) is 6.10 Å². The van der Waals surface area contributed by atoms with Gasteiger partial charge in [-0.15, -0.1) is 0 Å². The Balaban J connectivity index is 1.69. The van der Waals surface area contributed by atoms with Gasteiger partial charge in [0.15, 0.2) is 4.77 Å². The molecule has 0 saturated carbocycles. The second kappa shape index (κ2) is 6.89. The molecular formula is C16H19N3O2S. The van der Waals surface area contributed by atoms with Gasteiger partial charge in [-0.05, 0) is 43.6 Å². The average Bonchev–Trinajstić information content (AvgIpc) is 3.17. The highest BCUT2D eigenvalue weighted by Gasteiger charge is 2.17. The van der Waals surface area contributed by atoms with Gasteiger partial charge in [0.1, 0.15) is 5.69 Å². The number of benzene rings is 1. The SMILES string of the molecule is O=C(NCC[C@H]1CCCO1)c1c[nH]c(=S)n1-c1ccccc1. The van der Waals surface area contributed by atoms with Crippen LogP contribution >= 0.6 is 12.2 Å². The van der Waals surface area contributed by atoms with Gasteiger partial charge in [-0.1, -0.05) is 18.2 Å². The zero-order valence-corrected chi connectivity index (χ0v) is 13.1. The Hall–Kier alpha value is -1.92. The van der Waals surface area contributed by atoms with E-state index in [0.29, 0.717) is 17.0 Å². The zero-order valence-electron chi connectivity index (χ0n) is 12.2. The summed E-state index contributed by atoms with van der Waals surface area (Å²) in [6.07, 6.45) is 4.98. The van der Waals surface area contributed by atoms with E-state index in [-0.39, 0.29) is 12.0 Å². The number of amides is 1. The van der Waals surface area contributed by atoms with Gasteiger partial charge in [0, 0.05) is 25.0 Å². The minimum absolute atomic E-state index is 0.130. The van der Waals surface area contributed by atoms with Crippen LogP contribution in [-0.4, -0.2) is 34.7 Å². The number of para-hydroxylation sites is 1. The number of H-pyrrole nitrogens is 1. The van der Waals surface area contributed by atoms with Crippen molar-refractivity contribution in [3.8, 4) is 5.69 Å². The van der Waals surface area contributed by atoms with Crippen molar-refractivity contribution in [1.82, 2.24) is 14.9 Å². The Morgan fingerprint density at radius 1 is 1.41 bits per heavy atom. The summed E-state index contributed by atoms with van der Waals surface area (Å²) in [5.41, 5.74) is 1.39. The van der Waals surface area contributed by atoms with Crippen LogP contribution in [0.1, 0.15) is 29.8 Å². The number of aromatic amines is 1. The maximum atomic E-state index is 12.4. The number of carbonyl (C=O) groups excluding carboxylic acids is 1. The number of aromatic nitrogens is 2. The molecule has 1 atom stereocenters. The lowest BCUT2D eigenvalue weighted by Crippen LogP contribution is -2.28. The van der Waals surface area contributed by atoms with Crippen LogP contribution in [-0.2, 0) is 4.74 Å². The minimum atomic E-state index is -0.130. The summed E-state index contributed by atoms with van der Waals surface area (Å²) in [5.74, 6) is -0.130. The molecule has 2 aromatic rings. The first kappa shape index (κ1) is 15.0. The number of hydrogen-bond acceptors (Lipinski definition) is 3. The third-order valence-corrected chi connectivity index (χ3v) is 4.10. The fourth-order valence-electron chi connectivity index (χ4n) is 2.68. The number of imidazole rings is 1. The molecule has 1 aromatic carbocycles. The fourth-order valence-corrected chi connectivity index (χ4v) is 2.94. The molecule has 1 fully saturated rings. The normalized spacial score (nSPS) is 17.5. The van der Waals surface area contributed by atoms with Crippen molar-refractivity contribution in [2.24, 2.45) is 0 Å². The zero-order chi connectivity index (χ0) is 15.4. The van der Waals surface area contributed by atoms with Gasteiger partial charge in [-0.25, -0.2) is 0 Å². The van der Waals surface area contributed by atoms with E-state index in [1.165, 1.54) is 0 Å². The summed E-state index contributed by atoms with van der Waals surface area (Å²) in [5, 5.41) is 2.94. The molecule has 0 radical (unpaired) electrons. The number of rotatable bonds is 5. The Bertz CT molecular complexity index is 687. The van der Waals surface area contributed by atoms with Crippen molar-refractivity contribution in [2.75, 3.05) is 13.2 Å². The quantitative estimate of drug-likeness (QED) is 0.834. The van der Waals surface area contributed by atoms with Gasteiger partial charge >= 0.3 is 0 Å². The van der Waals surface area contributed by atoms with Crippen LogP contribution in [0.4, 0.5) is 0 Å². The van der Waals surface area contributed by atoms with Gasteiger partial charge in [0.25, 0.3) is 5.91 Å². The highest BCUT2D eigenvalue weighted by atomic mass is 32.1. The average molecular weight is 317 g/mol. The van der Waals surface area contributed by atoms with Crippen molar-refractivity contribution in [2.45, 2.75) is 25.4 Å². The highest BCUT2D eigenvalue weighted by Crippen LogP contribution is 2.15. The molecule has 1 amide bonds. The first-order chi connectivity index (χ1) is 10.8. The summed E-state index contributed by atoms with van der Waals surface area (Å²) >= 11 is 5.28. The molecule has 6 heteroatoms. The van der Waals surface area contributed by atoms with Crippen LogP contribution in [0.5, 0.6) is 0 Å². The van der Waals surface area contributed by atoms with Crippen molar-refractivity contribution >= 4 is 18.1 Å². The van der Waals surface area contributed by atoms with E-state index in [2.05, 4.69) is 10.3 Å². The third-order valence-electron chi connectivity index (χ3n) is 3.80. The van der Waals surface area contributed by atoms with E-state index in [0.717, 1.165) is 31.6 Å². The van der Waals surface area contributed by atoms with E-state index in [4.69, 9.17) is 17.0 Å². The summed E-state index contributed by atoms with van der Waals surface area (Å²) < 4.78 is 7.81. The largest absolute Gasteiger partial charge is 0.378 e. The summed E-state index contributed by atoms with van der Waals surface area (Å²) in [4.78, 5) is 15.3. The van der Waals surface area contributed by atoms with E-state index < -0.39 is 0 Å². The summed E-state index contributed by atoms with van der Waals surface area (Å²) in [6.45, 7) is 1.44. The number of carbonyl (C=O) groups is 1. The Kier molecular flexibility index (Phi) is 4.70. The van der Waals surface area contributed by atoms with E-state index in [1.54, 1.807) is 10.8 Å². The van der Waals surface area contributed by atoms with Gasteiger partial charge in [-0.3, -0.25) is 9.36 Å². The molecular weight excluding hydrogens is 298 g/mol. The predicted octanol–water partition coefficient (Wildman–Crippen LogP) is 2.83. The maximum Gasteiger partial charge on any atom is 0.269 e. The number of nitrogens with zero attached hydrogens (tertiary/aromatic N) is 1. The van der Waals surface area contributed by atoms with Crippen LogP contribution in [0.3, 0.4) is 0 Å². The van der Waals surface area contributed by atoms with Gasteiger partial charge < -0.3 is 15.0 Å². The molecule has 1 aliphatic heterocycles. The molecule has 0 aliphatic carbocycles. The van der Waals surface area contributed by atoms with E-state index in [9.17, 15) is 4.79 Å². The molecule has 0 unspecified atom stereocenters. The first-order valence-corrected chi connectivity index (χ1v) is 7.92. The number of hydrogen-bond donors (Lipinski definition) is 2. The minimum Gasteiger partial charge on any atom is -0.378 e. The molecule has 2 heterocycles. The second-order valence-electron chi connectivity index (χ2n) is 5.33. The summed E-state index contributed by atoms with van der Waals surface area (Å²) in [7, 11) is 0. The van der Waals surface area contributed by atoms with Crippen LogP contribution in [0, 0.1) is 4.77 Å². The number of nitrogens with one attached hydrogen (secondary N) is 2. The predicted molar refractivity (Wildman–Crippen MR) is 86.9 cm³/mol. The van der Waals surface area contributed by atoms with Crippen molar-refractivity contribution in [1.29, 1.82) is 0 Å². The molecule has 1 saturated heterocycles. The van der Waals surface area contributed by atoms with Crippen LogP contribution in [0.25, 0.3) is 5.69 Å². The molecule has 5 nitrogen and oxygen atoms in total. The fraction of sp³-hybridized carbons (Fsp3) is 0.375. The molecule has 3 rings (SSSR count). The van der Waals surface area contributed by atoms with Crippen molar-refractivity contribution in [3.05, 3.63) is 47.0 Å². The van der Waals surface area contributed by atoms with Gasteiger partial charge in [-0.2, -0.15) is 0 Å². The van der Waals surface area contributed by atoms with Crippen molar-refractivity contribution < 1.29 is 9.53 Å². The molecule has 1 aromatic heterocycles. The molecule has 116 valence electrons. The highest BCUT2D eigenvalue weighted by molar-refractivity contribution is 7.71. The topological polar surface area (TPSA) is 59.0 Å². The molecule has 1 aliphatic rings. The standard InChI is InChI=1S/C16H19N3O2S/c20-15(17-9-8-13-7-4-10-21-13)14-11-18-16(22)19(14)12-5-2-1-3-6-12/h1-3,5-6,11,13H,4,7-10H2,(H,17,20)(H,18,22)/t13-/m1/s1. The van der Waals surface area contributed by atoms with Crippen LogP contribution in [0.15, 0.2) is 36.5 Å². The Labute approximate surface area is 134 Å². The van der Waals surface area contributed by atoms with E-state index >= 15 is 0 Å². The lowest BCUT2D eigenvalue weighted by molar-refractivity contribution is 0.0901. The van der Waals surface area contributed by atoms with Crippen LogP contribution < -0.4 is 5.32 Å². The maximum absolute atomic E-state index is 12.4. The van der Waals surface area contributed by atoms with Crippen LogP contribution in [0.2, 0.25) is 0 Å². The third kappa shape index (κ3) is 3.28. The molecule has 0 bridgehead atoms. The van der Waals surface area contributed by atoms with Crippen molar-refractivity contribution in [3.63, 3.8) is 0 Å². The smallest absolute Gasteiger partial charge is 0.269 e. The number of ether oxygens (including phenoxy) is 1. The first-order valence-electron chi connectivity index (χ1n) is 7.51. The monoisotopic (exact) mass is 317 g/mol. The lowest BCUT2D eigenvalue weighted by Gasteiger charge is -2.11. The Morgan fingerprint density at radius 2 is 2.23 bits per heavy atom. The molecule has 2 N–H and O–H groups in total. The lowest BCUT2D eigenvalue weighted by atomic mass is 10.2. The van der Waals surface area contributed by atoms with E-state index in [1.807, 2.05) is 30.3 Å². The molecule has 22 heavy (non-hydrogen) atoms.